The fourth-order valence-electron chi connectivity index (χ4n) is 1.52. The minimum atomic E-state index is 0.210. The normalized spacial score (nSPS) is 12.8. The van der Waals surface area contributed by atoms with E-state index in [0.29, 0.717) is 17.0 Å². The van der Waals surface area contributed by atoms with Crippen molar-refractivity contribution in [2.24, 2.45) is 5.41 Å². The van der Waals surface area contributed by atoms with Crippen LogP contribution in [0.1, 0.15) is 73.6 Å². The first kappa shape index (κ1) is 17.0. The van der Waals surface area contributed by atoms with E-state index in [-0.39, 0.29) is 4.75 Å². The molecule has 0 atom stereocenters. The van der Waals surface area contributed by atoms with E-state index in [2.05, 4.69) is 41.5 Å². The predicted molar refractivity (Wildman–Crippen MR) is 79.8 cm³/mol. The van der Waals surface area contributed by atoms with Crippen molar-refractivity contribution in [1.29, 1.82) is 0 Å². The number of hydrogen-bond acceptors (Lipinski definition) is 2. The highest BCUT2D eigenvalue weighted by Gasteiger charge is 2.13. The van der Waals surface area contributed by atoms with Crippen molar-refractivity contribution in [2.45, 2.75) is 78.4 Å². The van der Waals surface area contributed by atoms with Crippen molar-refractivity contribution in [2.75, 3.05) is 5.75 Å². The van der Waals surface area contributed by atoms with Gasteiger partial charge in [-0.15, -0.1) is 11.8 Å². The Morgan fingerprint density at radius 3 is 2.00 bits per heavy atom. The second kappa shape index (κ2) is 7.45. The maximum absolute atomic E-state index is 11.6. The first-order chi connectivity index (χ1) is 7.60. The Labute approximate surface area is 112 Å². The number of unbranched alkanes of at least 4 members (excludes halogenated alkanes) is 2. The van der Waals surface area contributed by atoms with Gasteiger partial charge in [0.2, 0.25) is 0 Å². The summed E-state index contributed by atoms with van der Waals surface area (Å²) in [5, 5.41) is 0. The van der Waals surface area contributed by atoms with Gasteiger partial charge in [-0.1, -0.05) is 54.4 Å². The molecule has 0 aromatic carbocycles. The number of carbonyl (C=O) groups is 1. The molecule has 2 heteroatoms. The van der Waals surface area contributed by atoms with Gasteiger partial charge in [0.05, 0.1) is 5.75 Å². The summed E-state index contributed by atoms with van der Waals surface area (Å²) in [5.41, 5.74) is 0.437. The van der Waals surface area contributed by atoms with E-state index in [9.17, 15) is 4.79 Å². The fourth-order valence-corrected chi connectivity index (χ4v) is 2.26. The molecule has 0 aliphatic rings. The molecule has 0 bridgehead atoms. The summed E-state index contributed by atoms with van der Waals surface area (Å²) >= 11 is 1.76. The molecule has 0 fully saturated rings. The van der Waals surface area contributed by atoms with Crippen LogP contribution in [0.2, 0.25) is 0 Å². The van der Waals surface area contributed by atoms with Gasteiger partial charge in [0.15, 0.2) is 0 Å². The average Bonchev–Trinajstić information content (AvgIpc) is 2.11. The monoisotopic (exact) mass is 258 g/mol. The molecule has 0 saturated heterocycles. The molecule has 17 heavy (non-hydrogen) atoms. The standard InChI is InChI=1S/C15H30OS/c1-14(2,3)11-9-7-8-10-13(16)12-17-15(4,5)6/h7-12H2,1-6H3. The highest BCUT2D eigenvalue weighted by molar-refractivity contribution is 8.01. The Morgan fingerprint density at radius 1 is 0.941 bits per heavy atom. The average molecular weight is 258 g/mol. The lowest BCUT2D eigenvalue weighted by molar-refractivity contribution is -0.116. The SMILES string of the molecule is CC(C)(C)CCCCCC(=O)CSC(C)(C)C. The van der Waals surface area contributed by atoms with Gasteiger partial charge in [0, 0.05) is 11.2 Å². The molecular weight excluding hydrogens is 228 g/mol. The Kier molecular flexibility index (Phi) is 7.46. The van der Waals surface area contributed by atoms with Crippen LogP contribution in [0, 0.1) is 5.41 Å². The van der Waals surface area contributed by atoms with Crippen LogP contribution in [0.4, 0.5) is 0 Å². The zero-order valence-electron chi connectivity index (χ0n) is 12.6. The van der Waals surface area contributed by atoms with Gasteiger partial charge in [0.1, 0.15) is 5.78 Å². The minimum absolute atomic E-state index is 0.210. The maximum atomic E-state index is 11.6. The summed E-state index contributed by atoms with van der Waals surface area (Å²) in [5.74, 6) is 1.10. The Bertz CT molecular complexity index is 220. The highest BCUT2D eigenvalue weighted by atomic mass is 32.2. The molecule has 0 aliphatic carbocycles. The van der Waals surface area contributed by atoms with Crippen LogP contribution in [0.3, 0.4) is 0 Å². The van der Waals surface area contributed by atoms with Crippen molar-refractivity contribution in [1.82, 2.24) is 0 Å². The molecule has 0 spiro atoms. The van der Waals surface area contributed by atoms with Crippen LogP contribution < -0.4 is 0 Å². The molecule has 1 nitrogen and oxygen atoms in total. The quantitative estimate of drug-likeness (QED) is 0.592. The lowest BCUT2D eigenvalue weighted by atomic mass is 9.89. The van der Waals surface area contributed by atoms with Crippen molar-refractivity contribution >= 4 is 17.5 Å². The number of rotatable bonds is 7. The van der Waals surface area contributed by atoms with Gasteiger partial charge in [-0.25, -0.2) is 0 Å². The summed E-state index contributed by atoms with van der Waals surface area (Å²) in [6.45, 7) is 13.3. The van der Waals surface area contributed by atoms with Gasteiger partial charge >= 0.3 is 0 Å². The lowest BCUT2D eigenvalue weighted by Gasteiger charge is -2.18. The molecular formula is C15H30OS. The van der Waals surface area contributed by atoms with E-state index in [1.807, 2.05) is 0 Å². The summed E-state index contributed by atoms with van der Waals surface area (Å²) in [6, 6.07) is 0. The third-order valence-corrected chi connectivity index (χ3v) is 3.88. The van der Waals surface area contributed by atoms with Crippen LogP contribution in [-0.4, -0.2) is 16.3 Å². The topological polar surface area (TPSA) is 17.1 Å². The molecule has 0 aromatic rings. The van der Waals surface area contributed by atoms with Crippen molar-refractivity contribution in [3.63, 3.8) is 0 Å². The van der Waals surface area contributed by atoms with Crippen LogP contribution in [-0.2, 0) is 4.79 Å². The number of thioether (sulfide) groups is 1. The molecule has 0 rings (SSSR count). The zero-order chi connectivity index (χ0) is 13.5. The Hall–Kier alpha value is 0.0200. The lowest BCUT2D eigenvalue weighted by Crippen LogP contribution is -2.12. The van der Waals surface area contributed by atoms with E-state index in [1.54, 1.807) is 11.8 Å². The largest absolute Gasteiger partial charge is 0.299 e. The summed E-state index contributed by atoms with van der Waals surface area (Å²) in [6.07, 6.45) is 5.55. The molecule has 0 amide bonds. The van der Waals surface area contributed by atoms with E-state index >= 15 is 0 Å². The molecule has 102 valence electrons. The van der Waals surface area contributed by atoms with E-state index in [0.717, 1.165) is 12.8 Å². The highest BCUT2D eigenvalue weighted by Crippen LogP contribution is 2.24. The molecule has 0 radical (unpaired) electrons. The third kappa shape index (κ3) is 14.0. The second-order valence-corrected chi connectivity index (χ2v) is 8.86. The van der Waals surface area contributed by atoms with Crippen LogP contribution in [0.15, 0.2) is 0 Å². The molecule has 0 heterocycles. The smallest absolute Gasteiger partial charge is 0.142 e. The van der Waals surface area contributed by atoms with Crippen LogP contribution in [0.25, 0.3) is 0 Å². The van der Waals surface area contributed by atoms with Gasteiger partial charge in [-0.05, 0) is 18.3 Å². The first-order valence-electron chi connectivity index (χ1n) is 6.76. The number of Topliss-reactive ketones (excluding diaryl/α,β-unsaturated/α-hetero) is 1. The van der Waals surface area contributed by atoms with Crippen LogP contribution >= 0.6 is 11.8 Å². The zero-order valence-corrected chi connectivity index (χ0v) is 13.4. The molecule has 0 unspecified atom stereocenters. The van der Waals surface area contributed by atoms with E-state index in [4.69, 9.17) is 0 Å². The maximum Gasteiger partial charge on any atom is 0.142 e. The summed E-state index contributed by atoms with van der Waals surface area (Å²) in [4.78, 5) is 11.6. The van der Waals surface area contributed by atoms with Gasteiger partial charge in [0.25, 0.3) is 0 Å². The third-order valence-electron chi connectivity index (χ3n) is 2.55. The minimum Gasteiger partial charge on any atom is -0.299 e. The van der Waals surface area contributed by atoms with E-state index in [1.165, 1.54) is 19.3 Å². The summed E-state index contributed by atoms with van der Waals surface area (Å²) in [7, 11) is 0. The number of hydrogen-bond donors (Lipinski definition) is 0. The summed E-state index contributed by atoms with van der Waals surface area (Å²) < 4.78 is 0.210. The molecule has 0 N–H and O–H groups in total. The first-order valence-corrected chi connectivity index (χ1v) is 7.74. The van der Waals surface area contributed by atoms with Gasteiger partial charge in [-0.3, -0.25) is 4.79 Å². The second-order valence-electron chi connectivity index (χ2n) is 7.06. The Balaban J connectivity index is 3.47. The van der Waals surface area contributed by atoms with Gasteiger partial charge in [-0.2, -0.15) is 0 Å². The van der Waals surface area contributed by atoms with Crippen molar-refractivity contribution in [3.8, 4) is 0 Å². The molecule has 0 saturated carbocycles. The van der Waals surface area contributed by atoms with Crippen LogP contribution in [0.5, 0.6) is 0 Å². The van der Waals surface area contributed by atoms with Gasteiger partial charge < -0.3 is 0 Å². The fraction of sp³-hybridized carbons (Fsp3) is 0.933. The number of carbonyl (C=O) groups excluding carboxylic acids is 1. The van der Waals surface area contributed by atoms with E-state index < -0.39 is 0 Å². The predicted octanol–water partition coefficient (Wildman–Crippen LogP) is 5.08. The van der Waals surface area contributed by atoms with Crippen molar-refractivity contribution < 1.29 is 4.79 Å². The van der Waals surface area contributed by atoms with Crippen molar-refractivity contribution in [3.05, 3.63) is 0 Å². The molecule has 0 aliphatic heterocycles. The molecule has 0 aromatic heterocycles. The Morgan fingerprint density at radius 2 is 1.53 bits per heavy atom. The number of ketones is 1.